The first-order valence-electron chi connectivity index (χ1n) is 11.2. The molecule has 26 heavy (non-hydrogen) atoms. The molecule has 0 aliphatic rings. The molecule has 0 aromatic rings. The normalized spacial score (nSPS) is 14.3. The van der Waals surface area contributed by atoms with E-state index in [9.17, 15) is 0 Å². The second kappa shape index (κ2) is 19.4. The van der Waals surface area contributed by atoms with Crippen LogP contribution in [0.25, 0.3) is 0 Å². The largest absolute Gasteiger partial charge is 0.382 e. The van der Waals surface area contributed by atoms with Gasteiger partial charge in [-0.1, -0.05) is 73.5 Å². The van der Waals surface area contributed by atoms with Gasteiger partial charge in [-0.2, -0.15) is 0 Å². The van der Waals surface area contributed by atoms with Crippen molar-refractivity contribution in [2.45, 2.75) is 103 Å². The lowest BCUT2D eigenvalue weighted by Crippen LogP contribution is -2.32. The predicted octanol–water partition coefficient (Wildman–Crippen LogP) is 6.35. The molecule has 6 heteroatoms. The maximum Gasteiger partial charge on any atom is 0.0711 e. The van der Waals surface area contributed by atoms with Crippen molar-refractivity contribution in [3.63, 3.8) is 0 Å². The Morgan fingerprint density at radius 2 is 0.962 bits per heavy atom. The molecule has 158 valence electrons. The van der Waals surface area contributed by atoms with E-state index in [1.54, 1.807) is 0 Å². The van der Waals surface area contributed by atoms with Gasteiger partial charge >= 0.3 is 0 Å². The molecule has 0 fully saturated rings. The van der Waals surface area contributed by atoms with Crippen molar-refractivity contribution in [2.24, 2.45) is 0 Å². The first-order valence-corrected chi connectivity index (χ1v) is 18.2. The second-order valence-electron chi connectivity index (χ2n) is 7.07. The first kappa shape index (κ1) is 27.1. The Hall–Kier alpha value is 1.05. The summed E-state index contributed by atoms with van der Waals surface area (Å²) < 4.78 is 12.1. The zero-order valence-corrected chi connectivity index (χ0v) is 22.4. The van der Waals surface area contributed by atoms with E-state index >= 15 is 0 Å². The minimum Gasteiger partial charge on any atom is -0.382 e. The molecule has 0 aliphatic heterocycles. The van der Waals surface area contributed by atoms with E-state index in [4.69, 9.17) is 9.47 Å². The number of hydrogen-bond donors (Lipinski definition) is 0. The molecule has 0 aromatic carbocycles. The molecule has 2 unspecified atom stereocenters. The highest BCUT2D eigenvalue weighted by atomic mass is 33.1. The van der Waals surface area contributed by atoms with Crippen molar-refractivity contribution in [1.82, 2.24) is 0 Å². The van der Waals surface area contributed by atoms with Gasteiger partial charge in [0.05, 0.1) is 17.6 Å². The van der Waals surface area contributed by atoms with E-state index in [1.165, 1.54) is 61.4 Å². The Labute approximate surface area is 176 Å². The Kier molecular flexibility index (Phi) is 20.2. The second-order valence-corrected chi connectivity index (χ2v) is 17.6. The van der Waals surface area contributed by atoms with Crippen LogP contribution in [0, 0.1) is 0 Å². The molecule has 0 saturated carbocycles. The van der Waals surface area contributed by atoms with Crippen molar-refractivity contribution in [1.29, 1.82) is 0 Å². The standard InChI is InChI=1S/C20H46O2S2Si2/c1-7-21-19(25(9-3)10-4)15-13-17-23-24-18-14-16-20(22-8-2)26(11-5)12-6/h19-20,25-26H,7-18H2,1-6H3. The van der Waals surface area contributed by atoms with Gasteiger partial charge < -0.3 is 9.47 Å². The number of rotatable bonds is 19. The highest BCUT2D eigenvalue weighted by molar-refractivity contribution is 8.76. The van der Waals surface area contributed by atoms with Crippen molar-refractivity contribution >= 4 is 39.2 Å². The molecule has 0 spiro atoms. The summed E-state index contributed by atoms with van der Waals surface area (Å²) in [4.78, 5) is 0. The Bertz CT molecular complexity index is 263. The fraction of sp³-hybridized carbons (Fsp3) is 1.00. The molecule has 0 radical (unpaired) electrons. The molecule has 2 atom stereocenters. The molecule has 0 heterocycles. The van der Waals surface area contributed by atoms with Gasteiger partial charge in [0, 0.05) is 36.2 Å². The van der Waals surface area contributed by atoms with Gasteiger partial charge in [0.1, 0.15) is 0 Å². The lowest BCUT2D eigenvalue weighted by Gasteiger charge is -2.24. The summed E-state index contributed by atoms with van der Waals surface area (Å²) in [6, 6.07) is 5.52. The number of ether oxygens (including phenoxy) is 2. The van der Waals surface area contributed by atoms with Gasteiger partial charge in [0.2, 0.25) is 0 Å². The SMILES string of the molecule is CCOC(CCCSSCCCC(OCC)[SiH](CC)CC)[SiH](CC)CC. The molecule has 0 rings (SSSR count). The van der Waals surface area contributed by atoms with E-state index < -0.39 is 17.6 Å². The summed E-state index contributed by atoms with van der Waals surface area (Å²) in [5.74, 6) is 2.55. The van der Waals surface area contributed by atoms with Gasteiger partial charge in [-0.05, 0) is 39.5 Å². The summed E-state index contributed by atoms with van der Waals surface area (Å²) >= 11 is 0. The van der Waals surface area contributed by atoms with Gasteiger partial charge in [-0.15, -0.1) is 0 Å². The molecule has 0 saturated heterocycles. The quantitative estimate of drug-likeness (QED) is 0.133. The third-order valence-electron chi connectivity index (χ3n) is 5.43. The van der Waals surface area contributed by atoms with Crippen molar-refractivity contribution in [3.05, 3.63) is 0 Å². The van der Waals surface area contributed by atoms with E-state index in [2.05, 4.69) is 63.1 Å². The molecular weight excluding hydrogens is 393 g/mol. The van der Waals surface area contributed by atoms with E-state index in [1.807, 2.05) is 0 Å². The van der Waals surface area contributed by atoms with Crippen LogP contribution in [0.5, 0.6) is 0 Å². The molecule has 2 nitrogen and oxygen atoms in total. The Balaban J connectivity index is 3.84. The predicted molar refractivity (Wildman–Crippen MR) is 130 cm³/mol. The monoisotopic (exact) mass is 438 g/mol. The van der Waals surface area contributed by atoms with Crippen LogP contribution in [0.1, 0.15) is 67.2 Å². The summed E-state index contributed by atoms with van der Waals surface area (Å²) in [5, 5.41) is 0. The van der Waals surface area contributed by atoms with Crippen LogP contribution in [-0.4, -0.2) is 53.8 Å². The fourth-order valence-electron chi connectivity index (χ4n) is 3.77. The fourth-order valence-corrected chi connectivity index (χ4v) is 11.6. The van der Waals surface area contributed by atoms with Crippen LogP contribution in [0.2, 0.25) is 24.2 Å². The van der Waals surface area contributed by atoms with Crippen LogP contribution in [0.4, 0.5) is 0 Å². The lowest BCUT2D eigenvalue weighted by molar-refractivity contribution is 0.107. The zero-order chi connectivity index (χ0) is 19.6. The van der Waals surface area contributed by atoms with Crippen molar-refractivity contribution in [2.75, 3.05) is 24.7 Å². The van der Waals surface area contributed by atoms with Crippen molar-refractivity contribution in [3.8, 4) is 0 Å². The minimum atomic E-state index is -0.678. The Morgan fingerprint density at radius 1 is 0.615 bits per heavy atom. The molecule has 0 amide bonds. The lowest BCUT2D eigenvalue weighted by atomic mass is 10.3. The van der Waals surface area contributed by atoms with Crippen LogP contribution < -0.4 is 0 Å². The first-order chi connectivity index (χ1) is 12.7. The van der Waals surface area contributed by atoms with E-state index in [-0.39, 0.29) is 0 Å². The summed E-state index contributed by atoms with van der Waals surface area (Å²) in [6.45, 7) is 15.5. The Morgan fingerprint density at radius 3 is 1.23 bits per heavy atom. The van der Waals surface area contributed by atoms with Gasteiger partial charge in [0.25, 0.3) is 0 Å². The third kappa shape index (κ3) is 12.5. The van der Waals surface area contributed by atoms with Gasteiger partial charge in [0.15, 0.2) is 0 Å². The maximum absolute atomic E-state index is 6.06. The maximum atomic E-state index is 6.06. The van der Waals surface area contributed by atoms with Crippen LogP contribution >= 0.6 is 21.6 Å². The van der Waals surface area contributed by atoms with E-state index in [0.717, 1.165) is 13.2 Å². The van der Waals surface area contributed by atoms with Gasteiger partial charge in [-0.25, -0.2) is 0 Å². The van der Waals surface area contributed by atoms with Crippen molar-refractivity contribution < 1.29 is 9.47 Å². The topological polar surface area (TPSA) is 18.5 Å². The summed E-state index contributed by atoms with van der Waals surface area (Å²) in [7, 11) is 2.79. The molecule has 0 aromatic heterocycles. The highest BCUT2D eigenvalue weighted by Gasteiger charge is 2.20. The molecule has 0 aliphatic carbocycles. The average Bonchev–Trinajstić information content (AvgIpc) is 2.65. The summed E-state index contributed by atoms with van der Waals surface area (Å²) in [6.07, 6.45) is 5.20. The van der Waals surface area contributed by atoms with Gasteiger partial charge in [-0.3, -0.25) is 0 Å². The number of hydrogen-bond acceptors (Lipinski definition) is 4. The molecule has 0 N–H and O–H groups in total. The highest BCUT2D eigenvalue weighted by Crippen LogP contribution is 2.26. The van der Waals surface area contributed by atoms with Crippen LogP contribution in [0.3, 0.4) is 0 Å². The van der Waals surface area contributed by atoms with Crippen LogP contribution in [0.15, 0.2) is 0 Å². The van der Waals surface area contributed by atoms with Crippen LogP contribution in [-0.2, 0) is 9.47 Å². The smallest absolute Gasteiger partial charge is 0.0711 e. The third-order valence-corrected chi connectivity index (χ3v) is 15.4. The van der Waals surface area contributed by atoms with E-state index in [0.29, 0.717) is 11.5 Å². The molecular formula is C20H46O2S2Si2. The average molecular weight is 439 g/mol. The molecule has 0 bridgehead atoms. The zero-order valence-electron chi connectivity index (χ0n) is 18.4. The minimum absolute atomic E-state index is 0.609. The summed E-state index contributed by atoms with van der Waals surface area (Å²) in [5.41, 5.74) is 1.22.